The molecular weight excluding hydrogens is 675 g/mol. The zero-order valence-corrected chi connectivity index (χ0v) is 33.7. The summed E-state index contributed by atoms with van der Waals surface area (Å²) in [6.45, 7) is 33.5. The van der Waals surface area contributed by atoms with Gasteiger partial charge in [-0.2, -0.15) is 0 Å². The summed E-state index contributed by atoms with van der Waals surface area (Å²) in [4.78, 5) is 0. The number of ether oxygens (including phenoxy) is 3. The first kappa shape index (κ1) is 40.2. The van der Waals surface area contributed by atoms with E-state index in [2.05, 4.69) is 136 Å². The second-order valence-corrected chi connectivity index (χ2v) is 26.7. The number of hydrogen-bond donors (Lipinski definition) is 1. The first-order valence-electron chi connectivity index (χ1n) is 15.6. The normalized spacial score (nSPS) is 27.6. The summed E-state index contributed by atoms with van der Waals surface area (Å²) in [5.41, 5.74) is 0. The van der Waals surface area contributed by atoms with Gasteiger partial charge in [-0.25, -0.2) is 0 Å². The zero-order valence-electron chi connectivity index (χ0n) is 29.6. The van der Waals surface area contributed by atoms with Crippen LogP contribution in [0, 0.1) is 35.5 Å². The molecule has 0 aromatic carbocycles. The number of hydrogen-bond acceptors (Lipinski definition) is 6. The van der Waals surface area contributed by atoms with E-state index < -0.39 is 29.0 Å². The first-order valence-corrected chi connectivity index (χ1v) is 22.5. The van der Waals surface area contributed by atoms with E-state index in [1.807, 2.05) is 6.92 Å². The van der Waals surface area contributed by atoms with Gasteiger partial charge in [-0.3, -0.25) is 0 Å². The lowest BCUT2D eigenvalue weighted by Gasteiger charge is -2.51. The van der Waals surface area contributed by atoms with Crippen molar-refractivity contribution in [2.45, 2.75) is 150 Å². The summed E-state index contributed by atoms with van der Waals surface area (Å²) in [5.74, 6) is 6.61. The minimum atomic E-state index is -2.12. The monoisotopic (exact) mass is 738 g/mol. The Labute approximate surface area is 274 Å². The van der Waals surface area contributed by atoms with Crippen LogP contribution < -0.4 is 0 Å². The van der Waals surface area contributed by atoms with Crippen LogP contribution in [0.3, 0.4) is 0 Å². The van der Waals surface area contributed by atoms with E-state index in [1.54, 1.807) is 7.11 Å². The molecule has 1 aliphatic rings. The summed E-state index contributed by atoms with van der Waals surface area (Å²) < 4.78 is 33.0. The molecule has 1 rings (SSSR count). The molecule has 0 unspecified atom stereocenters. The molecule has 1 fully saturated rings. The topological polar surface area (TPSA) is 66.4 Å². The van der Waals surface area contributed by atoms with Crippen LogP contribution in [0.25, 0.3) is 0 Å². The third-order valence-corrected chi connectivity index (χ3v) is 18.9. The molecule has 1 heterocycles. The van der Waals surface area contributed by atoms with Crippen LogP contribution in [-0.4, -0.2) is 66.3 Å². The Kier molecular flexibility index (Phi) is 15.5. The molecule has 0 amide bonds. The molecule has 0 saturated carbocycles. The molecule has 1 aliphatic heterocycles. The minimum Gasteiger partial charge on any atom is -0.413 e. The highest BCUT2D eigenvalue weighted by Gasteiger charge is 2.50. The van der Waals surface area contributed by atoms with Gasteiger partial charge in [0.05, 0.1) is 18.3 Å². The quantitative estimate of drug-likeness (QED) is 0.0936. The molecule has 42 heavy (non-hydrogen) atoms. The van der Waals surface area contributed by atoms with Crippen LogP contribution in [0.2, 0.25) is 36.3 Å². The number of halogens is 1. The van der Waals surface area contributed by atoms with E-state index in [1.165, 1.54) is 3.58 Å². The van der Waals surface area contributed by atoms with Gasteiger partial charge in [-0.15, -0.1) is 0 Å². The predicted molar refractivity (Wildman–Crippen MR) is 189 cm³/mol. The van der Waals surface area contributed by atoms with E-state index in [9.17, 15) is 5.11 Å². The van der Waals surface area contributed by atoms with Gasteiger partial charge in [-0.1, -0.05) is 80.2 Å². The van der Waals surface area contributed by atoms with Crippen LogP contribution in [-0.2, 0) is 23.1 Å². The summed E-state index contributed by atoms with van der Waals surface area (Å²) in [6, 6.07) is 0. The number of methoxy groups -OCH3 is 1. The predicted octanol–water partition coefficient (Wildman–Crippen LogP) is 8.75. The lowest BCUT2D eigenvalue weighted by molar-refractivity contribution is -0.235. The van der Waals surface area contributed by atoms with Crippen molar-refractivity contribution in [1.29, 1.82) is 0 Å². The SMILES string of the molecule is COCO[C@@H]([C@@H](C)C#C[C@@H](O)C[C@@H]1O[C@@H](O[Si](C)(C)C(C)(C)C)[C@H](C)[C@@H](O[Si](C)(C)C(C)(C)C)[C@H]1C)[C@@H](C)C=C(C)I. The Morgan fingerprint density at radius 3 is 1.95 bits per heavy atom. The lowest BCUT2D eigenvalue weighted by atomic mass is 9.84. The molecule has 1 saturated heterocycles. The van der Waals surface area contributed by atoms with Crippen molar-refractivity contribution in [3.8, 4) is 11.8 Å². The standard InChI is InChI=1S/C33H63IO6Si2/c1-22(29(37-21-36-12)23(2)19-24(3)34)17-18-27(35)20-28-25(4)30(39-41(13,14)32(6,7)8)26(5)31(38-28)40-42(15,16)33(9,10)11/h19,22-23,25-31,35H,20-21H2,1-16H3/t22-,23-,25-,26+,27+,28-,29-,30-,31-/m0/s1. The largest absolute Gasteiger partial charge is 0.413 e. The Hall–Kier alpha value is 0.224. The van der Waals surface area contributed by atoms with Crippen molar-refractivity contribution >= 4 is 39.2 Å². The molecular formula is C33H63IO6Si2. The molecule has 0 radical (unpaired) electrons. The first-order chi connectivity index (χ1) is 18.9. The lowest BCUT2D eigenvalue weighted by Crippen LogP contribution is -2.58. The van der Waals surface area contributed by atoms with Crippen LogP contribution >= 0.6 is 22.6 Å². The average molecular weight is 739 g/mol. The van der Waals surface area contributed by atoms with E-state index in [0.29, 0.717) is 6.42 Å². The van der Waals surface area contributed by atoms with Gasteiger partial charge in [-0.05, 0) is 76.3 Å². The van der Waals surface area contributed by atoms with Crippen LogP contribution in [0.4, 0.5) is 0 Å². The highest BCUT2D eigenvalue weighted by molar-refractivity contribution is 14.1. The Morgan fingerprint density at radius 1 is 0.952 bits per heavy atom. The van der Waals surface area contributed by atoms with Crippen molar-refractivity contribution in [3.05, 3.63) is 9.66 Å². The third-order valence-electron chi connectivity index (χ3n) is 9.63. The molecule has 0 spiro atoms. The summed E-state index contributed by atoms with van der Waals surface area (Å²) >= 11 is 2.31. The second-order valence-electron chi connectivity index (χ2n) is 15.5. The van der Waals surface area contributed by atoms with Crippen molar-refractivity contribution in [2.75, 3.05) is 13.9 Å². The van der Waals surface area contributed by atoms with Gasteiger partial charge in [0.25, 0.3) is 0 Å². The van der Waals surface area contributed by atoms with Crippen LogP contribution in [0.1, 0.15) is 82.6 Å². The molecule has 0 aromatic rings. The van der Waals surface area contributed by atoms with Crippen molar-refractivity contribution in [1.82, 2.24) is 0 Å². The van der Waals surface area contributed by atoms with Crippen LogP contribution in [0.15, 0.2) is 9.66 Å². The molecule has 0 aliphatic carbocycles. The van der Waals surface area contributed by atoms with Crippen molar-refractivity contribution < 1.29 is 28.2 Å². The summed E-state index contributed by atoms with van der Waals surface area (Å²) in [7, 11) is -2.56. The summed E-state index contributed by atoms with van der Waals surface area (Å²) in [6.07, 6.45) is 0.925. The van der Waals surface area contributed by atoms with E-state index >= 15 is 0 Å². The van der Waals surface area contributed by atoms with Crippen molar-refractivity contribution in [3.63, 3.8) is 0 Å². The van der Waals surface area contributed by atoms with E-state index in [4.69, 9.17) is 23.1 Å². The van der Waals surface area contributed by atoms with E-state index in [0.717, 1.165) is 0 Å². The highest BCUT2D eigenvalue weighted by atomic mass is 127. The van der Waals surface area contributed by atoms with Gasteiger partial charge >= 0.3 is 0 Å². The molecule has 9 atom stereocenters. The molecule has 1 N–H and O–H groups in total. The maximum Gasteiger partial charge on any atom is 0.195 e. The number of aliphatic hydroxyl groups excluding tert-OH is 1. The van der Waals surface area contributed by atoms with Crippen LogP contribution in [0.5, 0.6) is 0 Å². The van der Waals surface area contributed by atoms with Gasteiger partial charge in [0, 0.05) is 37.2 Å². The Morgan fingerprint density at radius 2 is 1.48 bits per heavy atom. The van der Waals surface area contributed by atoms with Gasteiger partial charge in [0.1, 0.15) is 12.9 Å². The maximum absolute atomic E-state index is 11.2. The minimum absolute atomic E-state index is 0.0329. The summed E-state index contributed by atoms with van der Waals surface area (Å²) in [5, 5.41) is 11.3. The Balaban J connectivity index is 3.28. The zero-order chi connectivity index (χ0) is 32.8. The van der Waals surface area contributed by atoms with Gasteiger partial charge in [0.2, 0.25) is 0 Å². The molecule has 0 aromatic heterocycles. The fourth-order valence-electron chi connectivity index (χ4n) is 4.81. The third kappa shape index (κ3) is 11.5. The van der Waals surface area contributed by atoms with Gasteiger partial charge < -0.3 is 28.2 Å². The van der Waals surface area contributed by atoms with E-state index in [-0.39, 0.29) is 58.9 Å². The Bertz CT molecular complexity index is 926. The maximum atomic E-state index is 11.2. The fourth-order valence-corrected chi connectivity index (χ4v) is 8.05. The van der Waals surface area contributed by atoms with Gasteiger partial charge in [0.15, 0.2) is 22.9 Å². The van der Waals surface area contributed by atoms with Crippen molar-refractivity contribution in [2.24, 2.45) is 23.7 Å². The molecule has 0 bridgehead atoms. The number of rotatable bonds is 12. The molecule has 246 valence electrons. The number of aliphatic hydroxyl groups is 1. The molecule has 9 heteroatoms. The highest BCUT2D eigenvalue weighted by Crippen LogP contribution is 2.45. The average Bonchev–Trinajstić information content (AvgIpc) is 2.81. The number of allylic oxidation sites excluding steroid dienone is 1. The smallest absolute Gasteiger partial charge is 0.195 e. The molecule has 6 nitrogen and oxygen atoms in total. The second kappa shape index (κ2) is 16.2. The fraction of sp³-hybridized carbons (Fsp3) is 0.879.